The summed E-state index contributed by atoms with van der Waals surface area (Å²) in [5, 5.41) is 9.93. The van der Waals surface area contributed by atoms with Crippen LogP contribution in [0.1, 0.15) is 0 Å². The minimum absolute atomic E-state index is 0.616. The summed E-state index contributed by atoms with van der Waals surface area (Å²) in [6.07, 6.45) is 0. The topological polar surface area (TPSA) is 35.6 Å². The quantitative estimate of drug-likeness (QED) is 0.101. The van der Waals surface area contributed by atoms with Gasteiger partial charge in [-0.05, 0) is 85.5 Å². The van der Waals surface area contributed by atoms with Crippen molar-refractivity contribution >= 4 is 72.4 Å². The van der Waals surface area contributed by atoms with Gasteiger partial charge in [0.05, 0.1) is 33.5 Å². The highest BCUT2D eigenvalue weighted by molar-refractivity contribution is 7.20. The lowest BCUT2D eigenvalue weighted by molar-refractivity contribution is 0.995. The Balaban J connectivity index is 1.02. The lowest BCUT2D eigenvalue weighted by Gasteiger charge is -2.35. The second-order valence-electron chi connectivity index (χ2n) is 19.3. The number of hydrogen-bond donors (Lipinski definition) is 0. The Hall–Kier alpha value is -9.68. The zero-order valence-electron chi connectivity index (χ0n) is 41.0. The van der Waals surface area contributed by atoms with Crippen LogP contribution < -0.4 is 20.7 Å². The third-order valence-electron chi connectivity index (χ3n) is 15.1. The molecule has 352 valence electrons. The maximum Gasteiger partial charge on any atom is 0.235 e. The molecular formula is C70H48N4Si. The Labute approximate surface area is 436 Å². The minimum Gasteiger partial charge on any atom is -0.309 e. The van der Waals surface area contributed by atoms with Crippen LogP contribution in [0.25, 0.3) is 100 Å². The third-order valence-corrected chi connectivity index (χ3v) is 19.8. The Morgan fingerprint density at radius 2 is 0.573 bits per heavy atom. The van der Waals surface area contributed by atoms with E-state index in [1.165, 1.54) is 53.8 Å². The number of fused-ring (bicyclic) bond motifs is 6. The second-order valence-corrected chi connectivity index (χ2v) is 23.1. The molecule has 0 atom stereocenters. The molecule has 0 amide bonds. The SMILES string of the molecule is c1ccc(-c2cccc([Si](c3ccccc3)(c3cccc(-c4ccccc4)c3)c3cccc(-c4cc(-c5cccc(-n6c7ccccc7c7ccccc76)c5)nc(-n5c6ccccc6c6ccccc65)n4)c3)c2)cc1. The molecule has 0 bridgehead atoms. The molecule has 3 aromatic heterocycles. The smallest absolute Gasteiger partial charge is 0.235 e. The molecule has 0 saturated carbocycles. The van der Waals surface area contributed by atoms with Crippen molar-refractivity contribution in [2.45, 2.75) is 0 Å². The number of nitrogens with zero attached hydrogens (tertiary/aromatic N) is 4. The predicted molar refractivity (Wildman–Crippen MR) is 316 cm³/mol. The van der Waals surface area contributed by atoms with Gasteiger partial charge in [0.1, 0.15) is 0 Å². The van der Waals surface area contributed by atoms with Gasteiger partial charge in [-0.25, -0.2) is 9.97 Å². The fourth-order valence-electron chi connectivity index (χ4n) is 11.7. The summed E-state index contributed by atoms with van der Waals surface area (Å²) < 4.78 is 4.62. The van der Waals surface area contributed by atoms with Crippen molar-refractivity contribution in [2.75, 3.05) is 0 Å². The van der Waals surface area contributed by atoms with Gasteiger partial charge in [-0.2, -0.15) is 0 Å². The summed E-state index contributed by atoms with van der Waals surface area (Å²) in [6.45, 7) is 0. The van der Waals surface area contributed by atoms with Crippen LogP contribution in [0.5, 0.6) is 0 Å². The summed E-state index contributed by atoms with van der Waals surface area (Å²) in [5.74, 6) is 0.616. The van der Waals surface area contributed by atoms with Crippen LogP contribution in [-0.4, -0.2) is 27.2 Å². The van der Waals surface area contributed by atoms with E-state index in [1.807, 2.05) is 0 Å². The standard InChI is InChI=1S/C70H48N4Si/c1-4-22-49(23-5-1)51-26-19-33-57(45-51)75(56-31-8-3-9-32-56,58-34-20-27-52(46-58)50-24-6-2-7-25-50)59-35-21-29-54(47-59)65-48-64(71-70(72-65)74-68-42-16-12-38-62(68)63-39-13-17-43-69(63)74)53-28-18-30-55(44-53)73-66-40-14-10-36-60(66)61-37-11-15-41-67(61)73/h1-48H. The number of hydrogen-bond acceptors (Lipinski definition) is 2. The van der Waals surface area contributed by atoms with Crippen molar-refractivity contribution in [3.8, 4) is 56.4 Å². The van der Waals surface area contributed by atoms with Gasteiger partial charge in [0.15, 0.2) is 8.07 Å². The first kappa shape index (κ1) is 44.1. The van der Waals surface area contributed by atoms with E-state index in [-0.39, 0.29) is 0 Å². The molecule has 5 heteroatoms. The molecule has 75 heavy (non-hydrogen) atoms. The molecule has 0 spiro atoms. The van der Waals surface area contributed by atoms with Crippen LogP contribution in [0.4, 0.5) is 0 Å². The number of aromatic nitrogens is 4. The molecule has 14 rings (SSSR count). The monoisotopic (exact) mass is 972 g/mol. The van der Waals surface area contributed by atoms with Crippen LogP contribution in [0.3, 0.4) is 0 Å². The molecule has 0 aliphatic rings. The Bertz CT molecular complexity index is 4230. The lowest BCUT2D eigenvalue weighted by Crippen LogP contribution is -2.74. The average Bonchev–Trinajstić information content (AvgIpc) is 4.03. The molecule has 0 N–H and O–H groups in total. The first-order valence-electron chi connectivity index (χ1n) is 25.6. The van der Waals surface area contributed by atoms with Gasteiger partial charge in [-0.15, -0.1) is 0 Å². The van der Waals surface area contributed by atoms with E-state index in [9.17, 15) is 0 Å². The van der Waals surface area contributed by atoms with Crippen molar-refractivity contribution in [1.82, 2.24) is 19.1 Å². The summed E-state index contributed by atoms with van der Waals surface area (Å²) in [5.41, 5.74) is 14.0. The highest BCUT2D eigenvalue weighted by Gasteiger charge is 2.42. The van der Waals surface area contributed by atoms with Crippen molar-refractivity contribution < 1.29 is 0 Å². The highest BCUT2D eigenvalue weighted by atomic mass is 28.3. The van der Waals surface area contributed by atoms with E-state index in [2.05, 4.69) is 300 Å². The average molecular weight is 973 g/mol. The molecule has 0 fully saturated rings. The molecule has 11 aromatic carbocycles. The van der Waals surface area contributed by atoms with Gasteiger partial charge in [-0.3, -0.25) is 4.57 Å². The molecule has 0 aliphatic heterocycles. The van der Waals surface area contributed by atoms with Crippen molar-refractivity contribution in [1.29, 1.82) is 0 Å². The molecule has 0 aliphatic carbocycles. The van der Waals surface area contributed by atoms with Gasteiger partial charge in [0.2, 0.25) is 5.95 Å². The van der Waals surface area contributed by atoms with Gasteiger partial charge >= 0.3 is 0 Å². The minimum atomic E-state index is -3.14. The zero-order chi connectivity index (χ0) is 49.7. The van der Waals surface area contributed by atoms with E-state index in [1.54, 1.807) is 0 Å². The number of benzene rings is 11. The van der Waals surface area contributed by atoms with E-state index in [0.717, 1.165) is 61.0 Å². The van der Waals surface area contributed by atoms with Crippen LogP contribution in [-0.2, 0) is 0 Å². The van der Waals surface area contributed by atoms with Crippen LogP contribution >= 0.6 is 0 Å². The molecule has 3 heterocycles. The van der Waals surface area contributed by atoms with Crippen molar-refractivity contribution in [3.63, 3.8) is 0 Å². The number of para-hydroxylation sites is 4. The Morgan fingerprint density at radius 1 is 0.240 bits per heavy atom. The highest BCUT2D eigenvalue weighted by Crippen LogP contribution is 2.36. The van der Waals surface area contributed by atoms with E-state index < -0.39 is 8.07 Å². The fourth-order valence-corrected chi connectivity index (χ4v) is 16.5. The molecule has 4 nitrogen and oxygen atoms in total. The van der Waals surface area contributed by atoms with Crippen LogP contribution in [0.15, 0.2) is 291 Å². The Morgan fingerprint density at radius 3 is 1.04 bits per heavy atom. The molecule has 0 saturated heterocycles. The van der Waals surface area contributed by atoms with Gasteiger partial charge in [-0.1, -0.05) is 249 Å². The van der Waals surface area contributed by atoms with Gasteiger partial charge in [0.25, 0.3) is 0 Å². The summed E-state index contributed by atoms with van der Waals surface area (Å²) in [4.78, 5) is 11.2. The predicted octanol–water partition coefficient (Wildman–Crippen LogP) is 14.7. The van der Waals surface area contributed by atoms with Crippen molar-refractivity contribution in [3.05, 3.63) is 291 Å². The fraction of sp³-hybridized carbons (Fsp3) is 0. The van der Waals surface area contributed by atoms with Gasteiger partial charge in [0, 0.05) is 38.4 Å². The first-order valence-corrected chi connectivity index (χ1v) is 27.6. The summed E-state index contributed by atoms with van der Waals surface area (Å²) in [6, 6.07) is 106. The maximum atomic E-state index is 5.64. The normalized spacial score (nSPS) is 11.7. The zero-order valence-corrected chi connectivity index (χ0v) is 42.0. The Kier molecular flexibility index (Phi) is 10.8. The third kappa shape index (κ3) is 7.51. The first-order chi connectivity index (χ1) is 37.2. The lowest BCUT2D eigenvalue weighted by atomic mass is 10.1. The molecular weight excluding hydrogens is 925 g/mol. The van der Waals surface area contributed by atoms with E-state index >= 15 is 0 Å². The largest absolute Gasteiger partial charge is 0.309 e. The van der Waals surface area contributed by atoms with Gasteiger partial charge < -0.3 is 4.57 Å². The summed E-state index contributed by atoms with van der Waals surface area (Å²) in [7, 11) is -3.14. The second kappa shape index (κ2) is 18.4. The summed E-state index contributed by atoms with van der Waals surface area (Å²) >= 11 is 0. The maximum absolute atomic E-state index is 5.64. The number of rotatable bonds is 10. The van der Waals surface area contributed by atoms with Crippen molar-refractivity contribution in [2.24, 2.45) is 0 Å². The molecule has 0 radical (unpaired) electrons. The van der Waals surface area contributed by atoms with E-state index in [0.29, 0.717) is 5.95 Å². The van der Waals surface area contributed by atoms with Crippen LogP contribution in [0.2, 0.25) is 0 Å². The molecule has 14 aromatic rings. The van der Waals surface area contributed by atoms with Crippen LogP contribution in [0, 0.1) is 0 Å². The van der Waals surface area contributed by atoms with E-state index in [4.69, 9.17) is 9.97 Å². The molecule has 0 unspecified atom stereocenters.